The molecular formula is C36H34ClN3O2. The Morgan fingerprint density at radius 1 is 0.905 bits per heavy atom. The van der Waals surface area contributed by atoms with Gasteiger partial charge in [-0.25, -0.2) is 0 Å². The van der Waals surface area contributed by atoms with Crippen molar-refractivity contribution in [2.24, 2.45) is 5.92 Å². The number of benzene rings is 4. The molecule has 5 nitrogen and oxygen atoms in total. The highest BCUT2D eigenvalue weighted by Gasteiger charge is 2.45. The number of carbonyl (C=O) groups is 2. The third-order valence-corrected chi connectivity index (χ3v) is 8.29. The maximum Gasteiger partial charge on any atom is 0.255 e. The molecule has 1 aromatic heterocycles. The summed E-state index contributed by atoms with van der Waals surface area (Å²) in [4.78, 5) is 33.7. The van der Waals surface area contributed by atoms with Crippen molar-refractivity contribution < 1.29 is 9.59 Å². The summed E-state index contributed by atoms with van der Waals surface area (Å²) in [6.45, 7) is 4.66. The summed E-state index contributed by atoms with van der Waals surface area (Å²) < 4.78 is 0. The molecule has 2 unspecified atom stereocenters. The summed E-state index contributed by atoms with van der Waals surface area (Å²) in [6, 6.07) is 32.8. The predicted octanol–water partition coefficient (Wildman–Crippen LogP) is 7.81. The monoisotopic (exact) mass is 575 g/mol. The Labute approximate surface area is 251 Å². The van der Waals surface area contributed by atoms with Gasteiger partial charge in [0.2, 0.25) is 5.91 Å². The van der Waals surface area contributed by atoms with Crippen LogP contribution in [-0.4, -0.2) is 34.3 Å². The summed E-state index contributed by atoms with van der Waals surface area (Å²) in [5, 5.41) is 4.88. The lowest BCUT2D eigenvalue weighted by Gasteiger charge is -2.34. The average molecular weight is 576 g/mol. The summed E-state index contributed by atoms with van der Waals surface area (Å²) in [6.07, 6.45) is 1.22. The van der Waals surface area contributed by atoms with E-state index in [9.17, 15) is 9.59 Å². The van der Waals surface area contributed by atoms with E-state index in [0.717, 1.165) is 38.9 Å². The van der Waals surface area contributed by atoms with Crippen LogP contribution in [0.4, 0.5) is 0 Å². The van der Waals surface area contributed by atoms with Gasteiger partial charge in [-0.1, -0.05) is 104 Å². The minimum atomic E-state index is -0.641. The summed E-state index contributed by atoms with van der Waals surface area (Å²) >= 11 is 6.04. The van der Waals surface area contributed by atoms with Crippen molar-refractivity contribution in [3.63, 3.8) is 0 Å². The van der Waals surface area contributed by atoms with Gasteiger partial charge in [-0.3, -0.25) is 9.59 Å². The minimum absolute atomic E-state index is 0.113. The van der Waals surface area contributed by atoms with Crippen LogP contribution in [0.3, 0.4) is 0 Å². The van der Waals surface area contributed by atoms with Crippen LogP contribution in [0.15, 0.2) is 103 Å². The molecular weight excluding hydrogens is 542 g/mol. The third-order valence-electron chi connectivity index (χ3n) is 8.04. The second-order valence-corrected chi connectivity index (χ2v) is 11.8. The van der Waals surface area contributed by atoms with Crippen LogP contribution in [0.25, 0.3) is 22.2 Å². The Bertz CT molecular complexity index is 1730. The number of nitrogens with one attached hydrogen (secondary N) is 2. The molecule has 42 heavy (non-hydrogen) atoms. The first-order valence-electron chi connectivity index (χ1n) is 14.5. The molecule has 6 heteroatoms. The molecule has 2 amide bonds. The van der Waals surface area contributed by atoms with E-state index in [1.165, 1.54) is 0 Å². The molecule has 212 valence electrons. The number of para-hydroxylation sites is 1. The van der Waals surface area contributed by atoms with E-state index in [1.807, 2.05) is 83.8 Å². The lowest BCUT2D eigenvalue weighted by molar-refractivity contribution is -0.126. The Kier molecular flexibility index (Phi) is 7.86. The van der Waals surface area contributed by atoms with Gasteiger partial charge in [-0.15, -0.1) is 0 Å². The van der Waals surface area contributed by atoms with E-state index in [0.29, 0.717) is 30.0 Å². The molecule has 4 aromatic carbocycles. The zero-order valence-corrected chi connectivity index (χ0v) is 24.6. The SMILES string of the molecule is CC(C)CC(C(=O)NCCc1ccc(Cl)cc1)N1C(=O)c2ccccc2C1c1c(-c2ccccc2)[nH]c2ccccc12. The van der Waals surface area contributed by atoms with Gasteiger partial charge in [-0.05, 0) is 59.7 Å². The quantitative estimate of drug-likeness (QED) is 0.188. The van der Waals surface area contributed by atoms with Crippen molar-refractivity contribution in [2.75, 3.05) is 6.54 Å². The number of carbonyl (C=O) groups excluding carboxylic acids is 2. The standard InChI is InChI=1S/C36H34ClN3O2/c1-23(2)22-31(35(41)38-21-20-24-16-18-26(37)19-17-24)40-34(27-12-6-7-13-28(27)36(40)42)32-29-14-8-9-15-30(29)39-33(32)25-10-4-3-5-11-25/h3-19,23,31,34,39H,20-22H2,1-2H3,(H,38,41). The molecule has 0 bridgehead atoms. The van der Waals surface area contributed by atoms with Crippen LogP contribution < -0.4 is 5.32 Å². The highest BCUT2D eigenvalue weighted by atomic mass is 35.5. The molecule has 5 aromatic rings. The van der Waals surface area contributed by atoms with Crippen molar-refractivity contribution in [2.45, 2.75) is 38.8 Å². The number of hydrogen-bond donors (Lipinski definition) is 2. The normalized spacial score (nSPS) is 15.3. The van der Waals surface area contributed by atoms with Crippen LogP contribution in [-0.2, 0) is 11.2 Å². The van der Waals surface area contributed by atoms with E-state index < -0.39 is 12.1 Å². The number of nitrogens with zero attached hydrogens (tertiary/aromatic N) is 1. The summed E-state index contributed by atoms with van der Waals surface area (Å²) in [5.41, 5.74) is 6.67. The Morgan fingerprint density at radius 2 is 1.60 bits per heavy atom. The molecule has 1 aliphatic rings. The number of aromatic amines is 1. The molecule has 0 fully saturated rings. The highest BCUT2D eigenvalue weighted by Crippen LogP contribution is 2.46. The van der Waals surface area contributed by atoms with Gasteiger partial charge in [-0.2, -0.15) is 0 Å². The van der Waals surface area contributed by atoms with Crippen molar-refractivity contribution in [3.8, 4) is 11.3 Å². The van der Waals surface area contributed by atoms with Gasteiger partial charge in [0.1, 0.15) is 6.04 Å². The Hall–Kier alpha value is -4.35. The maximum atomic E-state index is 14.3. The fraction of sp³-hybridized carbons (Fsp3) is 0.222. The van der Waals surface area contributed by atoms with E-state index in [2.05, 4.69) is 48.4 Å². The highest BCUT2D eigenvalue weighted by molar-refractivity contribution is 6.30. The average Bonchev–Trinajstić information content (AvgIpc) is 3.52. The number of fused-ring (bicyclic) bond motifs is 2. The molecule has 6 rings (SSSR count). The lowest BCUT2D eigenvalue weighted by Crippen LogP contribution is -2.49. The van der Waals surface area contributed by atoms with Gasteiger partial charge < -0.3 is 15.2 Å². The molecule has 2 heterocycles. The first kappa shape index (κ1) is 27.8. The van der Waals surface area contributed by atoms with Crippen molar-refractivity contribution in [3.05, 3.63) is 130 Å². The van der Waals surface area contributed by atoms with Crippen LogP contribution in [0.5, 0.6) is 0 Å². The fourth-order valence-corrected chi connectivity index (χ4v) is 6.25. The minimum Gasteiger partial charge on any atom is -0.354 e. The van der Waals surface area contributed by atoms with E-state index in [4.69, 9.17) is 11.6 Å². The van der Waals surface area contributed by atoms with Crippen LogP contribution >= 0.6 is 11.6 Å². The molecule has 1 aliphatic heterocycles. The molecule has 0 spiro atoms. The van der Waals surface area contributed by atoms with Gasteiger partial charge in [0, 0.05) is 33.6 Å². The van der Waals surface area contributed by atoms with Crippen LogP contribution in [0.2, 0.25) is 5.02 Å². The fourth-order valence-electron chi connectivity index (χ4n) is 6.12. The molecule has 0 radical (unpaired) electrons. The topological polar surface area (TPSA) is 65.2 Å². The molecule has 0 aliphatic carbocycles. The van der Waals surface area contributed by atoms with Gasteiger partial charge in [0.05, 0.1) is 11.7 Å². The first-order chi connectivity index (χ1) is 20.4. The second kappa shape index (κ2) is 11.9. The number of H-pyrrole nitrogens is 1. The largest absolute Gasteiger partial charge is 0.354 e. The predicted molar refractivity (Wildman–Crippen MR) is 170 cm³/mol. The summed E-state index contributed by atoms with van der Waals surface area (Å²) in [5.74, 6) is -0.0472. The molecule has 2 N–H and O–H groups in total. The maximum absolute atomic E-state index is 14.3. The zero-order valence-electron chi connectivity index (χ0n) is 23.8. The van der Waals surface area contributed by atoms with E-state index in [1.54, 1.807) is 0 Å². The van der Waals surface area contributed by atoms with Crippen molar-refractivity contribution in [1.82, 2.24) is 15.2 Å². The zero-order chi connectivity index (χ0) is 29.2. The molecule has 0 saturated heterocycles. The van der Waals surface area contributed by atoms with Gasteiger partial charge >= 0.3 is 0 Å². The van der Waals surface area contributed by atoms with Gasteiger partial charge in [0.15, 0.2) is 0 Å². The Balaban J connectivity index is 1.43. The molecule has 0 saturated carbocycles. The van der Waals surface area contributed by atoms with Crippen LogP contribution in [0, 0.1) is 5.92 Å². The lowest BCUT2D eigenvalue weighted by atomic mass is 9.91. The van der Waals surface area contributed by atoms with E-state index in [-0.39, 0.29) is 17.7 Å². The second-order valence-electron chi connectivity index (χ2n) is 11.3. The summed E-state index contributed by atoms with van der Waals surface area (Å²) in [7, 11) is 0. The number of amides is 2. The van der Waals surface area contributed by atoms with Crippen LogP contribution in [0.1, 0.15) is 53.4 Å². The van der Waals surface area contributed by atoms with Crippen molar-refractivity contribution >= 4 is 34.3 Å². The number of aromatic nitrogens is 1. The van der Waals surface area contributed by atoms with Crippen molar-refractivity contribution in [1.29, 1.82) is 0 Å². The number of rotatable bonds is 9. The smallest absolute Gasteiger partial charge is 0.255 e. The number of hydrogen-bond acceptors (Lipinski definition) is 2. The Morgan fingerprint density at radius 3 is 2.36 bits per heavy atom. The van der Waals surface area contributed by atoms with E-state index >= 15 is 0 Å². The molecule has 2 atom stereocenters. The third kappa shape index (κ3) is 5.33. The first-order valence-corrected chi connectivity index (χ1v) is 14.9. The number of halogens is 1. The van der Waals surface area contributed by atoms with Gasteiger partial charge in [0.25, 0.3) is 5.91 Å².